The standard InChI is InChI=1S/C15H30N6O3S/c1-9(2)6-10(8-25)14(24)20-7-12(22)21-11(13(16)23)4-3-5-19-15(17)18/h9-11,25H,3-8H2,1-2H3,(H2,16,23)(H,20,24)(H,21,22)(H4,17,18,19)/t10?,11-/m0/s1. The average molecular weight is 375 g/mol. The highest BCUT2D eigenvalue weighted by atomic mass is 32.1. The van der Waals surface area contributed by atoms with Crippen molar-refractivity contribution in [3.05, 3.63) is 0 Å². The van der Waals surface area contributed by atoms with Crippen LogP contribution in [0.15, 0.2) is 4.99 Å². The van der Waals surface area contributed by atoms with Gasteiger partial charge in [-0.25, -0.2) is 0 Å². The van der Waals surface area contributed by atoms with Gasteiger partial charge in [-0.2, -0.15) is 12.6 Å². The number of primary amides is 1. The van der Waals surface area contributed by atoms with Crippen molar-refractivity contribution in [3.8, 4) is 0 Å². The fourth-order valence-electron chi connectivity index (χ4n) is 2.18. The van der Waals surface area contributed by atoms with Crippen molar-refractivity contribution in [1.82, 2.24) is 10.6 Å². The molecule has 8 N–H and O–H groups in total. The Balaban J connectivity index is 4.36. The molecule has 0 saturated carbocycles. The first-order chi connectivity index (χ1) is 11.7. The number of nitrogens with zero attached hydrogens (tertiary/aromatic N) is 1. The lowest BCUT2D eigenvalue weighted by Crippen LogP contribution is -2.48. The van der Waals surface area contributed by atoms with Crippen molar-refractivity contribution in [2.45, 2.75) is 39.2 Å². The molecule has 0 aliphatic heterocycles. The molecule has 0 aliphatic rings. The van der Waals surface area contributed by atoms with Gasteiger partial charge in [0, 0.05) is 18.2 Å². The first kappa shape index (κ1) is 23.0. The topological polar surface area (TPSA) is 166 Å². The van der Waals surface area contributed by atoms with Gasteiger partial charge in [0.25, 0.3) is 0 Å². The largest absolute Gasteiger partial charge is 0.370 e. The zero-order valence-electron chi connectivity index (χ0n) is 14.8. The van der Waals surface area contributed by atoms with E-state index in [1.807, 2.05) is 13.8 Å². The van der Waals surface area contributed by atoms with Crippen LogP contribution in [0.2, 0.25) is 0 Å². The second-order valence-electron chi connectivity index (χ2n) is 6.20. The molecule has 0 aromatic heterocycles. The van der Waals surface area contributed by atoms with Gasteiger partial charge in [0.15, 0.2) is 5.96 Å². The number of hydrogen-bond donors (Lipinski definition) is 6. The molecule has 0 saturated heterocycles. The number of hydrogen-bond acceptors (Lipinski definition) is 5. The van der Waals surface area contributed by atoms with Crippen LogP contribution in [0, 0.1) is 11.8 Å². The minimum atomic E-state index is -0.838. The Hall–Kier alpha value is -1.97. The Kier molecular flexibility index (Phi) is 11.4. The van der Waals surface area contributed by atoms with Gasteiger partial charge < -0.3 is 27.8 Å². The van der Waals surface area contributed by atoms with Gasteiger partial charge in [-0.15, -0.1) is 0 Å². The molecule has 0 aromatic carbocycles. The molecule has 144 valence electrons. The molecule has 25 heavy (non-hydrogen) atoms. The lowest BCUT2D eigenvalue weighted by Gasteiger charge is -2.18. The molecule has 0 fully saturated rings. The van der Waals surface area contributed by atoms with E-state index in [4.69, 9.17) is 17.2 Å². The quantitative estimate of drug-likeness (QED) is 0.108. The number of nitrogens with two attached hydrogens (primary N) is 3. The van der Waals surface area contributed by atoms with Crippen LogP contribution in [0.5, 0.6) is 0 Å². The molecular formula is C15H30N6O3S. The Bertz CT molecular complexity index is 480. The van der Waals surface area contributed by atoms with Crippen LogP contribution < -0.4 is 27.8 Å². The maximum atomic E-state index is 12.0. The highest BCUT2D eigenvalue weighted by molar-refractivity contribution is 7.80. The molecule has 0 rings (SSSR count). The number of nitrogens with one attached hydrogen (secondary N) is 2. The number of rotatable bonds is 12. The third-order valence-corrected chi connectivity index (χ3v) is 3.84. The first-order valence-corrected chi connectivity index (χ1v) is 8.83. The molecule has 0 radical (unpaired) electrons. The zero-order chi connectivity index (χ0) is 19.4. The van der Waals surface area contributed by atoms with Crippen LogP contribution in [0.1, 0.15) is 33.1 Å². The van der Waals surface area contributed by atoms with Crippen LogP contribution in [-0.4, -0.2) is 48.6 Å². The van der Waals surface area contributed by atoms with E-state index in [0.29, 0.717) is 37.5 Å². The minimum Gasteiger partial charge on any atom is -0.370 e. The summed E-state index contributed by atoms with van der Waals surface area (Å²) in [5.41, 5.74) is 15.7. The van der Waals surface area contributed by atoms with Crippen molar-refractivity contribution < 1.29 is 14.4 Å². The van der Waals surface area contributed by atoms with Crippen LogP contribution in [0.25, 0.3) is 0 Å². The van der Waals surface area contributed by atoms with E-state index in [9.17, 15) is 14.4 Å². The molecule has 9 nitrogen and oxygen atoms in total. The van der Waals surface area contributed by atoms with E-state index in [1.54, 1.807) is 0 Å². The predicted octanol–water partition coefficient (Wildman–Crippen LogP) is -1.28. The maximum Gasteiger partial charge on any atom is 0.240 e. The fraction of sp³-hybridized carbons (Fsp3) is 0.733. The lowest BCUT2D eigenvalue weighted by molar-refractivity contribution is -0.130. The number of carbonyl (C=O) groups is 3. The van der Waals surface area contributed by atoms with Gasteiger partial charge in [0.05, 0.1) is 6.54 Å². The van der Waals surface area contributed by atoms with E-state index in [1.165, 1.54) is 0 Å². The molecule has 2 atom stereocenters. The maximum absolute atomic E-state index is 12.0. The Labute approximate surface area is 154 Å². The van der Waals surface area contributed by atoms with Gasteiger partial charge in [-0.1, -0.05) is 13.8 Å². The fourth-order valence-corrected chi connectivity index (χ4v) is 2.49. The van der Waals surface area contributed by atoms with Crippen molar-refractivity contribution in [1.29, 1.82) is 0 Å². The molecule has 1 unspecified atom stereocenters. The van der Waals surface area contributed by atoms with Crippen LogP contribution in [0.4, 0.5) is 0 Å². The summed E-state index contributed by atoms with van der Waals surface area (Å²) in [7, 11) is 0. The third kappa shape index (κ3) is 11.2. The number of thiol groups is 1. The summed E-state index contributed by atoms with van der Waals surface area (Å²) in [6, 6.07) is -0.838. The van der Waals surface area contributed by atoms with E-state index in [0.717, 1.165) is 0 Å². The summed E-state index contributed by atoms with van der Waals surface area (Å²) >= 11 is 4.17. The van der Waals surface area contributed by atoms with Crippen molar-refractivity contribution >= 4 is 36.3 Å². The van der Waals surface area contributed by atoms with E-state index < -0.39 is 17.9 Å². The second kappa shape index (κ2) is 12.4. The summed E-state index contributed by atoms with van der Waals surface area (Å²) < 4.78 is 0. The monoisotopic (exact) mass is 374 g/mol. The first-order valence-electron chi connectivity index (χ1n) is 8.20. The van der Waals surface area contributed by atoms with Crippen LogP contribution >= 0.6 is 12.6 Å². The predicted molar refractivity (Wildman–Crippen MR) is 101 cm³/mol. The number of aliphatic imine (C=N–C) groups is 1. The normalized spacial score (nSPS) is 13.0. The van der Waals surface area contributed by atoms with E-state index >= 15 is 0 Å². The summed E-state index contributed by atoms with van der Waals surface area (Å²) in [6.07, 6.45) is 1.47. The van der Waals surface area contributed by atoms with Gasteiger partial charge >= 0.3 is 0 Å². The van der Waals surface area contributed by atoms with Gasteiger partial charge in [0.1, 0.15) is 6.04 Å². The molecule has 3 amide bonds. The lowest BCUT2D eigenvalue weighted by atomic mass is 9.98. The van der Waals surface area contributed by atoms with E-state index in [2.05, 4.69) is 28.3 Å². The Morgan fingerprint density at radius 1 is 1.16 bits per heavy atom. The Morgan fingerprint density at radius 2 is 1.80 bits per heavy atom. The highest BCUT2D eigenvalue weighted by Gasteiger charge is 2.21. The molecule has 0 heterocycles. The van der Waals surface area contributed by atoms with Crippen molar-refractivity contribution in [3.63, 3.8) is 0 Å². The Morgan fingerprint density at radius 3 is 2.28 bits per heavy atom. The summed E-state index contributed by atoms with van der Waals surface area (Å²) in [5, 5.41) is 5.06. The minimum absolute atomic E-state index is 0.0393. The molecule has 10 heteroatoms. The summed E-state index contributed by atoms with van der Waals surface area (Å²) in [6.45, 7) is 4.13. The molecule has 0 spiro atoms. The van der Waals surface area contributed by atoms with Crippen LogP contribution in [-0.2, 0) is 14.4 Å². The van der Waals surface area contributed by atoms with E-state index in [-0.39, 0.29) is 24.3 Å². The smallest absolute Gasteiger partial charge is 0.240 e. The molecule has 0 aliphatic carbocycles. The van der Waals surface area contributed by atoms with Gasteiger partial charge in [0.2, 0.25) is 17.7 Å². The molecule has 0 aromatic rings. The van der Waals surface area contributed by atoms with Crippen molar-refractivity contribution in [2.75, 3.05) is 18.8 Å². The van der Waals surface area contributed by atoms with Gasteiger partial charge in [-0.3, -0.25) is 19.4 Å². The average Bonchev–Trinajstić information content (AvgIpc) is 2.52. The second-order valence-corrected chi connectivity index (χ2v) is 6.56. The zero-order valence-corrected chi connectivity index (χ0v) is 15.7. The van der Waals surface area contributed by atoms with Crippen LogP contribution in [0.3, 0.4) is 0 Å². The highest BCUT2D eigenvalue weighted by Crippen LogP contribution is 2.13. The van der Waals surface area contributed by atoms with Crippen molar-refractivity contribution in [2.24, 2.45) is 34.0 Å². The summed E-state index contributed by atoms with van der Waals surface area (Å²) in [4.78, 5) is 39.1. The third-order valence-electron chi connectivity index (χ3n) is 3.39. The number of carbonyl (C=O) groups excluding carboxylic acids is 3. The number of amides is 3. The number of guanidine groups is 1. The molecular weight excluding hydrogens is 344 g/mol. The SMILES string of the molecule is CC(C)CC(CS)C(=O)NCC(=O)N[C@@H](CCCN=C(N)N)C(N)=O. The van der Waals surface area contributed by atoms with Gasteiger partial charge in [-0.05, 0) is 25.2 Å². The summed E-state index contributed by atoms with van der Waals surface area (Å²) in [5.74, 6) is -0.923. The molecule has 0 bridgehead atoms.